The van der Waals surface area contributed by atoms with Gasteiger partial charge in [0.15, 0.2) is 0 Å². The molecule has 146 valence electrons. The van der Waals surface area contributed by atoms with Crippen molar-refractivity contribution in [2.24, 2.45) is 0 Å². The van der Waals surface area contributed by atoms with Crippen LogP contribution in [0, 0.1) is 0 Å². The van der Waals surface area contributed by atoms with E-state index in [0.29, 0.717) is 11.1 Å². The van der Waals surface area contributed by atoms with E-state index in [-0.39, 0.29) is 0 Å². The molecule has 0 atom stereocenters. The number of aromatic nitrogens is 2. The Morgan fingerprint density at radius 3 is 2.62 bits per heavy atom. The van der Waals surface area contributed by atoms with Gasteiger partial charge in [0.2, 0.25) is 0 Å². The smallest absolute Gasteiger partial charge is 0.137 e. The molecule has 5 heteroatoms. The molecule has 29 heavy (non-hydrogen) atoms. The molecule has 5 rings (SSSR count). The third-order valence-corrected chi connectivity index (χ3v) is 5.98. The fraction of sp³-hybridized carbons (Fsp3) is 0.250. The van der Waals surface area contributed by atoms with E-state index < -0.39 is 0 Å². The number of hydrogen-bond donors (Lipinski definition) is 1. The van der Waals surface area contributed by atoms with E-state index in [4.69, 9.17) is 11.6 Å². The van der Waals surface area contributed by atoms with Crippen LogP contribution < -0.4 is 5.32 Å². The van der Waals surface area contributed by atoms with E-state index in [1.165, 1.54) is 16.3 Å². The van der Waals surface area contributed by atoms with Crippen molar-refractivity contribution in [1.82, 2.24) is 14.9 Å². The molecule has 3 aromatic carbocycles. The lowest BCUT2D eigenvalue weighted by Crippen LogP contribution is -2.38. The Kier molecular flexibility index (Phi) is 5.04. The molecule has 0 radical (unpaired) electrons. The molecule has 1 aliphatic heterocycles. The predicted molar refractivity (Wildman–Crippen MR) is 120 cm³/mol. The first-order valence-corrected chi connectivity index (χ1v) is 10.5. The molecule has 1 aliphatic rings. The molecule has 0 aliphatic carbocycles. The van der Waals surface area contributed by atoms with Crippen LogP contribution in [0.15, 0.2) is 67.0 Å². The fourth-order valence-corrected chi connectivity index (χ4v) is 4.34. The Balaban J connectivity index is 1.23. The molecule has 0 unspecified atom stereocenters. The first-order valence-electron chi connectivity index (χ1n) is 10.1. The van der Waals surface area contributed by atoms with Gasteiger partial charge in [0.1, 0.15) is 12.1 Å². The molecular formula is C24H23ClN4. The van der Waals surface area contributed by atoms with E-state index in [0.717, 1.165) is 49.2 Å². The number of rotatable bonds is 4. The molecule has 2 heterocycles. The van der Waals surface area contributed by atoms with E-state index in [9.17, 15) is 0 Å². The second kappa shape index (κ2) is 7.97. The van der Waals surface area contributed by atoms with E-state index in [1.807, 2.05) is 18.2 Å². The van der Waals surface area contributed by atoms with E-state index in [1.54, 1.807) is 6.33 Å². The first-order chi connectivity index (χ1) is 14.2. The minimum Gasteiger partial charge on any atom is -0.367 e. The second-order valence-electron chi connectivity index (χ2n) is 7.76. The van der Waals surface area contributed by atoms with Crippen LogP contribution in [-0.4, -0.2) is 34.0 Å². The van der Waals surface area contributed by atoms with Crippen molar-refractivity contribution >= 4 is 39.1 Å². The van der Waals surface area contributed by atoms with Crippen LogP contribution in [0.2, 0.25) is 5.02 Å². The summed E-state index contributed by atoms with van der Waals surface area (Å²) >= 11 is 6.18. The zero-order valence-corrected chi connectivity index (χ0v) is 16.9. The average Bonchev–Trinajstić information content (AvgIpc) is 2.75. The monoisotopic (exact) mass is 402 g/mol. The number of anilines is 1. The van der Waals surface area contributed by atoms with Gasteiger partial charge in [-0.3, -0.25) is 4.90 Å². The van der Waals surface area contributed by atoms with Crippen LogP contribution in [-0.2, 0) is 6.54 Å². The summed E-state index contributed by atoms with van der Waals surface area (Å²) in [7, 11) is 0. The molecule has 4 nitrogen and oxygen atoms in total. The molecule has 4 aromatic rings. The summed E-state index contributed by atoms with van der Waals surface area (Å²) in [4.78, 5) is 11.3. The van der Waals surface area contributed by atoms with E-state index in [2.05, 4.69) is 62.6 Å². The van der Waals surface area contributed by atoms with Crippen molar-refractivity contribution in [3.05, 3.63) is 77.6 Å². The standard InChI is InChI=1S/C24H23ClN4/c25-20-7-8-23-22(14-20)24(27-16-26-23)28-21-9-11-29(12-10-21)15-17-5-6-18-3-1-2-4-19(18)13-17/h1-8,13-14,16,21H,9-12,15H2,(H,26,27,28). The number of fused-ring (bicyclic) bond motifs is 2. The lowest BCUT2D eigenvalue weighted by molar-refractivity contribution is 0.211. The minimum absolute atomic E-state index is 0.417. The molecule has 0 spiro atoms. The first kappa shape index (κ1) is 18.3. The van der Waals surface area contributed by atoms with Gasteiger partial charge in [0.25, 0.3) is 0 Å². The zero-order valence-electron chi connectivity index (χ0n) is 16.2. The van der Waals surface area contributed by atoms with Crippen LogP contribution in [0.3, 0.4) is 0 Å². The SMILES string of the molecule is Clc1ccc2ncnc(NC3CCN(Cc4ccc5ccccc5c4)CC3)c2c1. The second-order valence-corrected chi connectivity index (χ2v) is 8.20. The van der Waals surface area contributed by atoms with Crippen molar-refractivity contribution in [3.63, 3.8) is 0 Å². The van der Waals surface area contributed by atoms with Crippen LogP contribution >= 0.6 is 11.6 Å². The summed E-state index contributed by atoms with van der Waals surface area (Å²) in [5, 5.41) is 7.93. The van der Waals surface area contributed by atoms with Gasteiger partial charge >= 0.3 is 0 Å². The maximum atomic E-state index is 6.18. The average molecular weight is 403 g/mol. The van der Waals surface area contributed by atoms with Crippen molar-refractivity contribution in [1.29, 1.82) is 0 Å². The summed E-state index contributed by atoms with van der Waals surface area (Å²) < 4.78 is 0. The maximum absolute atomic E-state index is 6.18. The predicted octanol–water partition coefficient (Wildman–Crippen LogP) is 5.51. The Labute approximate surface area is 175 Å². The molecule has 1 N–H and O–H groups in total. The third-order valence-electron chi connectivity index (χ3n) is 5.75. The van der Waals surface area contributed by atoms with Crippen LogP contribution in [0.5, 0.6) is 0 Å². The highest BCUT2D eigenvalue weighted by Gasteiger charge is 2.20. The van der Waals surface area contributed by atoms with Gasteiger partial charge in [-0.1, -0.05) is 48.0 Å². The lowest BCUT2D eigenvalue weighted by Gasteiger charge is -2.32. The summed E-state index contributed by atoms with van der Waals surface area (Å²) in [5.41, 5.74) is 2.30. The van der Waals surface area contributed by atoms with Gasteiger partial charge < -0.3 is 5.32 Å². The lowest BCUT2D eigenvalue weighted by atomic mass is 10.0. The molecule has 0 saturated carbocycles. The van der Waals surface area contributed by atoms with Crippen molar-refractivity contribution in [2.45, 2.75) is 25.4 Å². The largest absolute Gasteiger partial charge is 0.367 e. The Morgan fingerprint density at radius 2 is 1.76 bits per heavy atom. The highest BCUT2D eigenvalue weighted by Crippen LogP contribution is 2.25. The van der Waals surface area contributed by atoms with Crippen LogP contribution in [0.25, 0.3) is 21.7 Å². The highest BCUT2D eigenvalue weighted by molar-refractivity contribution is 6.31. The third kappa shape index (κ3) is 4.04. The number of piperidine rings is 1. The zero-order chi connectivity index (χ0) is 19.6. The highest BCUT2D eigenvalue weighted by atomic mass is 35.5. The fourth-order valence-electron chi connectivity index (χ4n) is 4.17. The molecule has 0 bridgehead atoms. The van der Waals surface area contributed by atoms with Gasteiger partial charge in [-0.2, -0.15) is 0 Å². The van der Waals surface area contributed by atoms with E-state index >= 15 is 0 Å². The number of benzene rings is 3. The molecular weight excluding hydrogens is 380 g/mol. The van der Waals surface area contributed by atoms with Gasteiger partial charge in [0, 0.05) is 36.1 Å². The van der Waals surface area contributed by atoms with Crippen LogP contribution in [0.4, 0.5) is 5.82 Å². The molecule has 1 saturated heterocycles. The summed E-state index contributed by atoms with van der Waals surface area (Å²) in [5.74, 6) is 0.880. The number of halogens is 1. The number of likely N-dealkylation sites (tertiary alicyclic amines) is 1. The molecule has 0 amide bonds. The van der Waals surface area contributed by atoms with Gasteiger partial charge in [-0.05, 0) is 53.4 Å². The normalized spacial score (nSPS) is 15.8. The van der Waals surface area contributed by atoms with Crippen molar-refractivity contribution < 1.29 is 0 Å². The number of nitrogens with zero attached hydrogens (tertiary/aromatic N) is 3. The molecule has 1 fully saturated rings. The maximum Gasteiger partial charge on any atom is 0.137 e. The topological polar surface area (TPSA) is 41.1 Å². The Hall–Kier alpha value is -2.69. The van der Waals surface area contributed by atoms with Gasteiger partial charge in [-0.15, -0.1) is 0 Å². The summed E-state index contributed by atoms with van der Waals surface area (Å²) in [6, 6.07) is 21.5. The van der Waals surface area contributed by atoms with Crippen molar-refractivity contribution in [3.8, 4) is 0 Å². The number of nitrogens with one attached hydrogen (secondary N) is 1. The summed E-state index contributed by atoms with van der Waals surface area (Å²) in [6.45, 7) is 3.16. The Morgan fingerprint density at radius 1 is 0.931 bits per heavy atom. The summed E-state index contributed by atoms with van der Waals surface area (Å²) in [6.07, 6.45) is 3.81. The van der Waals surface area contributed by atoms with Crippen LogP contribution in [0.1, 0.15) is 18.4 Å². The van der Waals surface area contributed by atoms with Gasteiger partial charge in [0.05, 0.1) is 5.52 Å². The minimum atomic E-state index is 0.417. The molecule has 1 aromatic heterocycles. The Bertz CT molecular complexity index is 1150. The quantitative estimate of drug-likeness (QED) is 0.488. The van der Waals surface area contributed by atoms with Crippen molar-refractivity contribution in [2.75, 3.05) is 18.4 Å². The number of hydrogen-bond acceptors (Lipinski definition) is 4. The van der Waals surface area contributed by atoms with Gasteiger partial charge in [-0.25, -0.2) is 9.97 Å².